The van der Waals surface area contributed by atoms with Crippen molar-refractivity contribution in [1.29, 1.82) is 0 Å². The molecule has 1 fully saturated rings. The minimum Gasteiger partial charge on any atom is -0.496 e. The molecule has 10 nitrogen and oxygen atoms in total. The Kier molecular flexibility index (Phi) is 5.87. The number of non-ortho nitro benzene ring substituents is 1. The van der Waals surface area contributed by atoms with Crippen LogP contribution in [0.25, 0.3) is 17.4 Å². The van der Waals surface area contributed by atoms with Crippen LogP contribution < -0.4 is 14.2 Å². The molecule has 2 aliphatic heterocycles. The van der Waals surface area contributed by atoms with Crippen LogP contribution >= 0.6 is 23.4 Å². The monoisotopic (exact) mass is 514 g/mol. The predicted molar refractivity (Wildman–Crippen MR) is 126 cm³/mol. The van der Waals surface area contributed by atoms with E-state index in [2.05, 4.69) is 0 Å². The van der Waals surface area contributed by atoms with E-state index in [9.17, 15) is 19.7 Å². The molecule has 0 spiro atoms. The third-order valence-electron chi connectivity index (χ3n) is 5.30. The Morgan fingerprint density at radius 2 is 1.94 bits per heavy atom. The first kappa shape index (κ1) is 22.8. The first-order chi connectivity index (χ1) is 16.8. The number of furan rings is 1. The number of nitro benzene ring substituents is 1. The van der Waals surface area contributed by atoms with Crippen LogP contribution in [0.1, 0.15) is 11.3 Å². The summed E-state index contributed by atoms with van der Waals surface area (Å²) >= 11 is 7.06. The summed E-state index contributed by atoms with van der Waals surface area (Å²) in [5.74, 6) is 1.48. The molecule has 5 rings (SSSR count). The molecule has 1 saturated heterocycles. The lowest BCUT2D eigenvalue weighted by atomic mass is 10.1. The quantitative estimate of drug-likeness (QED) is 0.239. The van der Waals surface area contributed by atoms with Gasteiger partial charge >= 0.3 is 0 Å². The van der Waals surface area contributed by atoms with Crippen LogP contribution in [0.4, 0.5) is 10.5 Å². The van der Waals surface area contributed by atoms with Gasteiger partial charge in [-0.05, 0) is 41.6 Å². The maximum absolute atomic E-state index is 12.9. The third kappa shape index (κ3) is 4.31. The van der Waals surface area contributed by atoms with Gasteiger partial charge in [-0.1, -0.05) is 11.6 Å². The van der Waals surface area contributed by atoms with Gasteiger partial charge in [0.15, 0.2) is 11.5 Å². The number of ether oxygens (including phenoxy) is 3. The molecule has 12 heteroatoms. The summed E-state index contributed by atoms with van der Waals surface area (Å²) in [4.78, 5) is 37.4. The summed E-state index contributed by atoms with van der Waals surface area (Å²) in [7, 11) is 1.44. The zero-order valence-electron chi connectivity index (χ0n) is 18.0. The number of hydrogen-bond acceptors (Lipinski definition) is 9. The Balaban J connectivity index is 1.39. The number of imide groups is 1. The number of hydrogen-bond donors (Lipinski definition) is 0. The van der Waals surface area contributed by atoms with E-state index in [0.717, 1.165) is 16.7 Å². The highest BCUT2D eigenvalue weighted by molar-refractivity contribution is 8.18. The molecule has 0 aliphatic carbocycles. The van der Waals surface area contributed by atoms with Gasteiger partial charge in [-0.3, -0.25) is 24.6 Å². The van der Waals surface area contributed by atoms with Crippen LogP contribution in [0.2, 0.25) is 5.02 Å². The summed E-state index contributed by atoms with van der Waals surface area (Å²) in [6.45, 7) is 0.0402. The van der Waals surface area contributed by atoms with E-state index in [0.29, 0.717) is 44.9 Å². The van der Waals surface area contributed by atoms with Crippen molar-refractivity contribution in [2.45, 2.75) is 6.54 Å². The van der Waals surface area contributed by atoms with Crippen LogP contribution in [0.5, 0.6) is 17.2 Å². The molecule has 1 aromatic heterocycles. The number of halogens is 1. The zero-order valence-corrected chi connectivity index (χ0v) is 19.6. The Hall–Kier alpha value is -3.96. The van der Waals surface area contributed by atoms with Gasteiger partial charge in [-0.25, -0.2) is 0 Å². The summed E-state index contributed by atoms with van der Waals surface area (Å²) in [5.41, 5.74) is 0.798. The highest BCUT2D eigenvalue weighted by Gasteiger charge is 2.36. The van der Waals surface area contributed by atoms with Crippen LogP contribution in [0.15, 0.2) is 51.8 Å². The number of thioether (sulfide) groups is 1. The van der Waals surface area contributed by atoms with Gasteiger partial charge in [0.2, 0.25) is 6.79 Å². The second-order valence-electron chi connectivity index (χ2n) is 7.41. The minimum absolute atomic E-state index is 0.0359. The first-order valence-electron chi connectivity index (χ1n) is 10.1. The minimum atomic E-state index is -0.519. The van der Waals surface area contributed by atoms with Gasteiger partial charge in [0.1, 0.15) is 17.3 Å². The highest BCUT2D eigenvalue weighted by Crippen LogP contribution is 2.40. The lowest BCUT2D eigenvalue weighted by molar-refractivity contribution is -0.384. The van der Waals surface area contributed by atoms with Crippen molar-refractivity contribution in [3.63, 3.8) is 0 Å². The lowest BCUT2D eigenvalue weighted by Gasteiger charge is -2.14. The van der Waals surface area contributed by atoms with E-state index in [1.165, 1.54) is 31.4 Å². The number of nitro groups is 1. The first-order valence-corrected chi connectivity index (χ1v) is 11.3. The average molecular weight is 515 g/mol. The van der Waals surface area contributed by atoms with E-state index >= 15 is 0 Å². The van der Waals surface area contributed by atoms with Gasteiger partial charge in [0, 0.05) is 29.3 Å². The molecule has 0 saturated carbocycles. The van der Waals surface area contributed by atoms with E-state index < -0.39 is 16.1 Å². The van der Waals surface area contributed by atoms with Crippen molar-refractivity contribution in [1.82, 2.24) is 4.90 Å². The van der Waals surface area contributed by atoms with Gasteiger partial charge in [0.05, 0.1) is 29.0 Å². The summed E-state index contributed by atoms with van der Waals surface area (Å²) in [5, 5.41) is 11.0. The van der Waals surface area contributed by atoms with Crippen molar-refractivity contribution in [2.24, 2.45) is 0 Å². The fraction of sp³-hybridized carbons (Fsp3) is 0.130. The molecule has 0 unspecified atom stereocenters. The average Bonchev–Trinajstić information content (AvgIpc) is 3.55. The third-order valence-corrected chi connectivity index (χ3v) is 6.56. The maximum Gasteiger partial charge on any atom is 0.293 e. The number of rotatable bonds is 6. The van der Waals surface area contributed by atoms with E-state index in [4.69, 9.17) is 30.2 Å². The lowest BCUT2D eigenvalue weighted by Crippen LogP contribution is -2.27. The van der Waals surface area contributed by atoms with Gasteiger partial charge < -0.3 is 18.6 Å². The molecule has 0 radical (unpaired) electrons. The molecule has 35 heavy (non-hydrogen) atoms. The number of nitrogens with zero attached hydrogens (tertiary/aromatic N) is 2. The molecule has 0 bridgehead atoms. The number of methoxy groups -OCH3 is 1. The van der Waals surface area contributed by atoms with Crippen LogP contribution in [0, 0.1) is 10.1 Å². The molecule has 0 atom stereocenters. The van der Waals surface area contributed by atoms with Crippen molar-refractivity contribution in [2.75, 3.05) is 13.9 Å². The number of carbonyl (C=O) groups excluding carboxylic acids is 2. The summed E-state index contributed by atoms with van der Waals surface area (Å²) < 4.78 is 21.7. The highest BCUT2D eigenvalue weighted by atomic mass is 35.5. The predicted octanol–water partition coefficient (Wildman–Crippen LogP) is 5.48. The maximum atomic E-state index is 12.9. The standard InChI is InChI=1S/C23H15ClN2O8S/c1-31-17-4-2-13(26(29)30)7-15(17)18-5-3-14(34-18)8-21-22(27)25(23(28)35-21)10-12-6-19-20(9-16(12)24)33-11-32-19/h2-9H,10-11H2,1H3/b21-8-. The van der Waals surface area contributed by atoms with E-state index in [1.54, 1.807) is 24.3 Å². The molecule has 3 heterocycles. The Morgan fingerprint density at radius 3 is 2.69 bits per heavy atom. The number of fused-ring (bicyclic) bond motifs is 1. The largest absolute Gasteiger partial charge is 0.496 e. The normalized spacial score (nSPS) is 15.8. The molecular weight excluding hydrogens is 500 g/mol. The Morgan fingerprint density at radius 1 is 1.17 bits per heavy atom. The Bertz CT molecular complexity index is 1420. The zero-order chi connectivity index (χ0) is 24.7. The number of benzene rings is 2. The molecule has 3 aromatic rings. The van der Waals surface area contributed by atoms with Crippen molar-refractivity contribution in [3.05, 3.63) is 73.8 Å². The summed E-state index contributed by atoms with van der Waals surface area (Å²) in [6, 6.07) is 10.6. The number of amides is 2. The van der Waals surface area contributed by atoms with E-state index in [1.807, 2.05) is 0 Å². The topological polar surface area (TPSA) is 121 Å². The van der Waals surface area contributed by atoms with Gasteiger partial charge in [-0.2, -0.15) is 0 Å². The Labute approximate surface area is 207 Å². The van der Waals surface area contributed by atoms with Crippen molar-refractivity contribution in [3.8, 4) is 28.6 Å². The fourth-order valence-electron chi connectivity index (χ4n) is 3.59. The van der Waals surface area contributed by atoms with Crippen molar-refractivity contribution < 1.29 is 33.1 Å². The van der Waals surface area contributed by atoms with Crippen LogP contribution in [-0.4, -0.2) is 34.9 Å². The number of carbonyl (C=O) groups is 2. The SMILES string of the molecule is COc1ccc([N+](=O)[O-])cc1-c1ccc(/C=C2\SC(=O)N(Cc3cc4c(cc3Cl)OCO4)C2=O)o1. The molecule has 0 N–H and O–H groups in total. The molecule has 2 aliphatic rings. The molecule has 2 aromatic carbocycles. The smallest absolute Gasteiger partial charge is 0.293 e. The summed E-state index contributed by atoms with van der Waals surface area (Å²) in [6.07, 6.45) is 1.44. The van der Waals surface area contributed by atoms with Crippen LogP contribution in [-0.2, 0) is 11.3 Å². The van der Waals surface area contributed by atoms with Gasteiger partial charge in [-0.15, -0.1) is 0 Å². The van der Waals surface area contributed by atoms with Gasteiger partial charge in [0.25, 0.3) is 16.8 Å². The second kappa shape index (κ2) is 9.01. The molecule has 2 amide bonds. The van der Waals surface area contributed by atoms with Crippen LogP contribution in [0.3, 0.4) is 0 Å². The molecule has 178 valence electrons. The van der Waals surface area contributed by atoms with E-state index in [-0.39, 0.29) is 23.9 Å². The fourth-order valence-corrected chi connectivity index (χ4v) is 4.63. The second-order valence-corrected chi connectivity index (χ2v) is 8.81. The van der Waals surface area contributed by atoms with Crippen molar-refractivity contribution >= 4 is 46.3 Å². The molecular formula is C23H15ClN2O8S.